The number of ether oxygens (including phenoxy) is 2. The molecule has 0 spiro atoms. The summed E-state index contributed by atoms with van der Waals surface area (Å²) < 4.78 is 10.4. The van der Waals surface area contributed by atoms with Gasteiger partial charge in [0.2, 0.25) is 11.1 Å². The molecule has 0 aliphatic rings. The third kappa shape index (κ3) is 5.78. The molecule has 0 fully saturated rings. The molecule has 164 valence electrons. The van der Waals surface area contributed by atoms with Crippen LogP contribution in [0.5, 0.6) is 5.75 Å². The predicted molar refractivity (Wildman–Crippen MR) is 122 cm³/mol. The number of carbonyl (C=O) groups is 2. The molecule has 0 saturated carbocycles. The average Bonchev–Trinajstić information content (AvgIpc) is 3.39. The van der Waals surface area contributed by atoms with Gasteiger partial charge in [-0.05, 0) is 37.6 Å². The fraction of sp³-hybridized carbons (Fsp3) is 0.300. The van der Waals surface area contributed by atoms with Gasteiger partial charge in [0, 0.05) is 9.90 Å². The number of halogens is 1. The first kappa shape index (κ1) is 23.1. The summed E-state index contributed by atoms with van der Waals surface area (Å²) in [6.45, 7) is 3.99. The van der Waals surface area contributed by atoms with Crippen LogP contribution in [0, 0.1) is 0 Å². The fourth-order valence-corrected chi connectivity index (χ4v) is 4.43. The lowest BCUT2D eigenvalue weighted by atomic mass is 10.2. The van der Waals surface area contributed by atoms with Crippen molar-refractivity contribution in [2.24, 2.45) is 0 Å². The lowest BCUT2D eigenvalue weighted by molar-refractivity contribution is -0.113. The van der Waals surface area contributed by atoms with Gasteiger partial charge in [-0.15, -0.1) is 16.4 Å². The second-order valence-corrected chi connectivity index (χ2v) is 8.69. The minimum atomic E-state index is -0.449. The van der Waals surface area contributed by atoms with E-state index in [0.29, 0.717) is 37.9 Å². The number of aromatic amines is 1. The van der Waals surface area contributed by atoms with Crippen LogP contribution in [0.4, 0.5) is 5.00 Å². The number of nitrogens with zero attached hydrogens (tertiary/aromatic N) is 2. The molecule has 0 aliphatic carbocycles. The van der Waals surface area contributed by atoms with Crippen LogP contribution in [0.2, 0.25) is 5.02 Å². The van der Waals surface area contributed by atoms with Crippen molar-refractivity contribution in [1.82, 2.24) is 15.2 Å². The Labute approximate surface area is 192 Å². The number of hydrogen-bond donors (Lipinski definition) is 2. The normalized spacial score (nSPS) is 10.7. The van der Waals surface area contributed by atoms with E-state index in [1.165, 1.54) is 23.1 Å². The van der Waals surface area contributed by atoms with Crippen molar-refractivity contribution in [3.63, 3.8) is 0 Å². The summed E-state index contributed by atoms with van der Waals surface area (Å²) in [7, 11) is 1.56. The molecule has 0 saturated heterocycles. The Morgan fingerprint density at radius 3 is 2.81 bits per heavy atom. The molecule has 2 N–H and O–H groups in total. The van der Waals surface area contributed by atoms with Crippen molar-refractivity contribution in [2.45, 2.75) is 25.4 Å². The Hall–Kier alpha value is -2.56. The van der Waals surface area contributed by atoms with E-state index in [0.717, 1.165) is 11.3 Å². The molecule has 3 rings (SSSR count). The van der Waals surface area contributed by atoms with E-state index in [4.69, 9.17) is 21.1 Å². The van der Waals surface area contributed by atoms with Gasteiger partial charge in [-0.25, -0.2) is 9.78 Å². The average molecular weight is 481 g/mol. The molecule has 2 heterocycles. The van der Waals surface area contributed by atoms with Crippen LogP contribution in [0.25, 0.3) is 11.4 Å². The van der Waals surface area contributed by atoms with Crippen molar-refractivity contribution < 1.29 is 19.1 Å². The van der Waals surface area contributed by atoms with Gasteiger partial charge < -0.3 is 14.8 Å². The molecule has 31 heavy (non-hydrogen) atoms. The van der Waals surface area contributed by atoms with Gasteiger partial charge in [0.05, 0.1) is 30.6 Å². The van der Waals surface area contributed by atoms with Gasteiger partial charge >= 0.3 is 5.97 Å². The number of anilines is 1. The van der Waals surface area contributed by atoms with Crippen molar-refractivity contribution in [1.29, 1.82) is 0 Å². The van der Waals surface area contributed by atoms with Gasteiger partial charge in [0.1, 0.15) is 10.8 Å². The molecule has 11 heteroatoms. The van der Waals surface area contributed by atoms with Crippen LogP contribution in [0.15, 0.2) is 29.4 Å². The number of thiophene rings is 1. The largest absolute Gasteiger partial charge is 0.496 e. The summed E-state index contributed by atoms with van der Waals surface area (Å²) in [5.41, 5.74) is 1.04. The number of aromatic nitrogens is 3. The summed E-state index contributed by atoms with van der Waals surface area (Å²) in [5.74, 6) is 0.441. The first-order valence-electron chi connectivity index (χ1n) is 9.43. The Morgan fingerprint density at radius 2 is 2.10 bits per heavy atom. The number of aryl methyl sites for hydroxylation is 1. The Kier molecular flexibility index (Phi) is 7.94. The Balaban J connectivity index is 1.66. The maximum absolute atomic E-state index is 12.5. The van der Waals surface area contributed by atoms with Crippen LogP contribution in [-0.4, -0.2) is 46.5 Å². The van der Waals surface area contributed by atoms with E-state index < -0.39 is 5.97 Å². The number of amides is 1. The lowest BCUT2D eigenvalue weighted by Gasteiger charge is -2.06. The highest BCUT2D eigenvalue weighted by Crippen LogP contribution is 2.32. The smallest absolute Gasteiger partial charge is 0.341 e. The zero-order chi connectivity index (χ0) is 22.4. The topological polar surface area (TPSA) is 106 Å². The van der Waals surface area contributed by atoms with E-state index in [1.807, 2.05) is 6.92 Å². The third-order valence-electron chi connectivity index (χ3n) is 4.09. The van der Waals surface area contributed by atoms with E-state index in [2.05, 4.69) is 20.5 Å². The number of nitrogens with one attached hydrogen (secondary N) is 2. The van der Waals surface area contributed by atoms with E-state index >= 15 is 0 Å². The molecule has 3 aromatic rings. The van der Waals surface area contributed by atoms with Crippen LogP contribution in [0.1, 0.15) is 29.1 Å². The summed E-state index contributed by atoms with van der Waals surface area (Å²) in [6, 6.07) is 6.94. The zero-order valence-corrected chi connectivity index (χ0v) is 19.5. The van der Waals surface area contributed by atoms with Crippen LogP contribution in [0.3, 0.4) is 0 Å². The van der Waals surface area contributed by atoms with Crippen LogP contribution >= 0.6 is 34.7 Å². The first-order chi connectivity index (χ1) is 14.9. The molecule has 1 amide bonds. The highest BCUT2D eigenvalue weighted by atomic mass is 35.5. The van der Waals surface area contributed by atoms with Crippen LogP contribution < -0.4 is 10.1 Å². The van der Waals surface area contributed by atoms with Gasteiger partial charge in [-0.1, -0.05) is 30.3 Å². The number of methoxy groups -OCH3 is 1. The summed E-state index contributed by atoms with van der Waals surface area (Å²) in [6.07, 6.45) is 0.759. The van der Waals surface area contributed by atoms with Crippen molar-refractivity contribution in [3.05, 3.63) is 39.7 Å². The van der Waals surface area contributed by atoms with E-state index in [-0.39, 0.29) is 18.3 Å². The van der Waals surface area contributed by atoms with Gasteiger partial charge in [-0.2, -0.15) is 0 Å². The van der Waals surface area contributed by atoms with Gasteiger partial charge in [-0.3, -0.25) is 9.89 Å². The first-order valence-corrected chi connectivity index (χ1v) is 11.6. The summed E-state index contributed by atoms with van der Waals surface area (Å²) >= 11 is 8.60. The van der Waals surface area contributed by atoms with Crippen molar-refractivity contribution in [2.75, 3.05) is 24.8 Å². The molecule has 2 aromatic heterocycles. The van der Waals surface area contributed by atoms with Crippen molar-refractivity contribution in [3.8, 4) is 17.1 Å². The van der Waals surface area contributed by atoms with Crippen molar-refractivity contribution >= 4 is 51.6 Å². The SMILES string of the molecule is CCOC(=O)c1cc(CC)sc1NC(=O)CSc1n[nH]c(-c2cc(Cl)ccc2OC)n1. The van der Waals surface area contributed by atoms with Crippen LogP contribution in [-0.2, 0) is 16.0 Å². The molecule has 0 aliphatic heterocycles. The summed E-state index contributed by atoms with van der Waals surface area (Å²) in [5, 5.41) is 11.2. The highest BCUT2D eigenvalue weighted by Gasteiger charge is 2.19. The number of hydrogen-bond acceptors (Lipinski definition) is 8. The third-order valence-corrected chi connectivity index (χ3v) is 6.37. The molecule has 0 bridgehead atoms. The predicted octanol–water partition coefficient (Wildman–Crippen LogP) is 4.67. The molecule has 0 unspecified atom stereocenters. The molecular weight excluding hydrogens is 460 g/mol. The number of benzene rings is 1. The summed E-state index contributed by atoms with van der Waals surface area (Å²) in [4.78, 5) is 30.0. The zero-order valence-electron chi connectivity index (χ0n) is 17.2. The quantitative estimate of drug-likeness (QED) is 0.338. The molecular formula is C20H21ClN4O4S2. The standard InChI is InChI=1S/C20H21ClN4O4S2/c1-4-12-9-14(19(27)29-5-2)18(31-12)22-16(26)10-30-20-23-17(24-25-20)13-8-11(21)6-7-15(13)28-3/h6-9H,4-5,10H2,1-3H3,(H,22,26)(H,23,24,25). The van der Waals surface area contributed by atoms with Gasteiger partial charge in [0.25, 0.3) is 0 Å². The maximum atomic E-state index is 12.5. The van der Waals surface area contributed by atoms with Gasteiger partial charge in [0.15, 0.2) is 5.82 Å². The number of rotatable bonds is 9. The molecule has 0 radical (unpaired) electrons. The Morgan fingerprint density at radius 1 is 1.29 bits per heavy atom. The molecule has 1 aromatic carbocycles. The maximum Gasteiger partial charge on any atom is 0.341 e. The molecule has 8 nitrogen and oxygen atoms in total. The van der Waals surface area contributed by atoms with E-state index in [9.17, 15) is 9.59 Å². The molecule has 0 atom stereocenters. The minimum Gasteiger partial charge on any atom is -0.496 e. The fourth-order valence-electron chi connectivity index (χ4n) is 2.66. The number of esters is 1. The lowest BCUT2D eigenvalue weighted by Crippen LogP contribution is -2.16. The second-order valence-electron chi connectivity index (χ2n) is 6.18. The highest BCUT2D eigenvalue weighted by molar-refractivity contribution is 7.99. The second kappa shape index (κ2) is 10.7. The number of carbonyl (C=O) groups excluding carboxylic acids is 2. The van der Waals surface area contributed by atoms with E-state index in [1.54, 1.807) is 38.3 Å². The Bertz CT molecular complexity index is 1080. The number of H-pyrrole nitrogens is 1. The monoisotopic (exact) mass is 480 g/mol. The minimum absolute atomic E-state index is 0.0750. The number of thioether (sulfide) groups is 1.